The van der Waals surface area contributed by atoms with Crippen LogP contribution in [0, 0.1) is 5.82 Å². The normalized spacial score (nSPS) is 12.6. The molecule has 0 atom stereocenters. The largest absolute Gasteiger partial charge is 0.207 e. The number of rotatable bonds is 4. The van der Waals surface area contributed by atoms with Gasteiger partial charge in [-0.2, -0.15) is 0 Å². The van der Waals surface area contributed by atoms with Crippen molar-refractivity contribution in [1.29, 1.82) is 0 Å². The second kappa shape index (κ2) is 14.3. The van der Waals surface area contributed by atoms with E-state index in [1.165, 1.54) is 175 Å². The lowest BCUT2D eigenvalue weighted by atomic mass is 9.80. The quantitative estimate of drug-likeness (QED) is 0.122. The molecule has 0 aliphatic heterocycles. The molecule has 1 heteroatoms. The van der Waals surface area contributed by atoms with Crippen LogP contribution in [-0.2, 0) is 0 Å². The number of halogens is 1. The van der Waals surface area contributed by atoms with Crippen molar-refractivity contribution in [3.63, 3.8) is 0 Å². The van der Waals surface area contributed by atoms with Crippen LogP contribution in [0.25, 0.3) is 185 Å². The molecule has 18 rings (SSSR count). The summed E-state index contributed by atoms with van der Waals surface area (Å²) in [5, 5.41) is 28.5. The summed E-state index contributed by atoms with van der Waals surface area (Å²) >= 11 is 0. The molecular formula is C74H39F. The predicted molar refractivity (Wildman–Crippen MR) is 319 cm³/mol. The Labute approximate surface area is 429 Å². The summed E-state index contributed by atoms with van der Waals surface area (Å²) < 4.78 is 15.3. The zero-order valence-corrected chi connectivity index (χ0v) is 40.4. The molecule has 1 aliphatic rings. The maximum Gasteiger partial charge on any atom is 0.123 e. The second-order valence-corrected chi connectivity index (χ2v) is 20.9. The predicted octanol–water partition coefficient (Wildman–Crippen LogP) is 21.1. The third-order valence-electron chi connectivity index (χ3n) is 17.4. The van der Waals surface area contributed by atoms with Crippen LogP contribution in [0.3, 0.4) is 0 Å². The van der Waals surface area contributed by atoms with Gasteiger partial charge in [0.05, 0.1) is 0 Å². The minimum atomic E-state index is -0.244. The fraction of sp³-hybridized carbons (Fsp3) is 0. The summed E-state index contributed by atoms with van der Waals surface area (Å²) in [7, 11) is 0. The van der Waals surface area contributed by atoms with Crippen LogP contribution in [0.2, 0.25) is 0 Å². The molecule has 0 heterocycles. The number of hydrogen-bond donors (Lipinski definition) is 0. The zero-order chi connectivity index (χ0) is 48.8. The first-order chi connectivity index (χ1) is 37.2. The van der Waals surface area contributed by atoms with Gasteiger partial charge in [0.15, 0.2) is 0 Å². The van der Waals surface area contributed by atoms with E-state index in [-0.39, 0.29) is 5.82 Å². The molecule has 0 nitrogen and oxygen atoms in total. The first-order valence-corrected chi connectivity index (χ1v) is 26.1. The Balaban J connectivity index is 1.01. The van der Waals surface area contributed by atoms with E-state index < -0.39 is 0 Å². The highest BCUT2D eigenvalue weighted by molar-refractivity contribution is 6.51. The van der Waals surface area contributed by atoms with Gasteiger partial charge in [-0.1, -0.05) is 212 Å². The van der Waals surface area contributed by atoms with Crippen molar-refractivity contribution in [2.24, 2.45) is 0 Å². The van der Waals surface area contributed by atoms with Gasteiger partial charge in [-0.3, -0.25) is 0 Å². The summed E-state index contributed by atoms with van der Waals surface area (Å²) in [4.78, 5) is 0. The molecule has 0 bridgehead atoms. The van der Waals surface area contributed by atoms with Crippen LogP contribution >= 0.6 is 0 Å². The highest BCUT2D eigenvalue weighted by atomic mass is 19.1. The van der Waals surface area contributed by atoms with E-state index in [0.29, 0.717) is 0 Å². The molecule has 17 aromatic rings. The molecule has 0 saturated carbocycles. The fourth-order valence-corrected chi connectivity index (χ4v) is 14.6. The average molecular weight is 947 g/mol. The van der Waals surface area contributed by atoms with Crippen LogP contribution in [0.5, 0.6) is 0 Å². The van der Waals surface area contributed by atoms with Gasteiger partial charge in [-0.15, -0.1) is 0 Å². The zero-order valence-electron chi connectivity index (χ0n) is 40.4. The maximum atomic E-state index is 15.3. The van der Waals surface area contributed by atoms with E-state index in [0.717, 1.165) is 16.7 Å². The van der Waals surface area contributed by atoms with Crippen LogP contribution in [0.4, 0.5) is 4.39 Å². The van der Waals surface area contributed by atoms with Gasteiger partial charge in [0.2, 0.25) is 0 Å². The fourth-order valence-electron chi connectivity index (χ4n) is 14.6. The van der Waals surface area contributed by atoms with E-state index in [2.05, 4.69) is 212 Å². The summed E-state index contributed by atoms with van der Waals surface area (Å²) in [6, 6.07) is 86.8. The van der Waals surface area contributed by atoms with Crippen molar-refractivity contribution in [3.8, 4) is 66.8 Å². The van der Waals surface area contributed by atoms with Gasteiger partial charge >= 0.3 is 0 Å². The Bertz CT molecular complexity index is 5320. The summed E-state index contributed by atoms with van der Waals surface area (Å²) in [6.07, 6.45) is 0. The molecule has 1 aliphatic carbocycles. The molecular weight excluding hydrogens is 908 g/mol. The van der Waals surface area contributed by atoms with Gasteiger partial charge in [0.1, 0.15) is 5.82 Å². The molecule has 0 N–H and O–H groups in total. The first kappa shape index (κ1) is 39.9. The number of benzene rings is 15. The van der Waals surface area contributed by atoms with Crippen LogP contribution in [-0.4, -0.2) is 0 Å². The van der Waals surface area contributed by atoms with E-state index in [9.17, 15) is 0 Å². The third kappa shape index (κ3) is 5.01. The Hall–Kier alpha value is -9.69. The van der Waals surface area contributed by atoms with Crippen molar-refractivity contribution in [1.82, 2.24) is 0 Å². The van der Waals surface area contributed by atoms with Crippen molar-refractivity contribution >= 4 is 118 Å². The van der Waals surface area contributed by atoms with E-state index >= 15 is 4.39 Å². The summed E-state index contributed by atoms with van der Waals surface area (Å²) in [5.41, 5.74) is 14.1. The molecule has 0 fully saturated rings. The van der Waals surface area contributed by atoms with Gasteiger partial charge in [0.25, 0.3) is 0 Å². The van der Waals surface area contributed by atoms with E-state index in [1.807, 2.05) is 12.1 Å². The summed E-state index contributed by atoms with van der Waals surface area (Å²) in [5.74, 6) is -0.244. The molecule has 0 unspecified atom stereocenters. The monoisotopic (exact) mass is 946 g/mol. The average Bonchev–Trinajstić information content (AvgIpc) is 4.23. The minimum absolute atomic E-state index is 0.244. The van der Waals surface area contributed by atoms with Gasteiger partial charge < -0.3 is 0 Å². The third-order valence-corrected chi connectivity index (χ3v) is 17.4. The molecule has 75 heavy (non-hydrogen) atoms. The number of hydrogen-bond acceptors (Lipinski definition) is 0. The van der Waals surface area contributed by atoms with E-state index in [1.54, 1.807) is 6.07 Å². The Morgan fingerprint density at radius 2 is 0.613 bits per heavy atom. The SMILES string of the molecule is Fc1cccc(-c2ccccc2-c2c3c(c(-c4ccccc4)c4cc5ccccc5cc24)-c2ccc4c5ccc6c7c(-c8ccccc8)c8cccc9c%10ccccc%10c(c89)c7c7ccc(c8ccc-3c2c48)c5c67)c1. The van der Waals surface area contributed by atoms with Crippen LogP contribution < -0.4 is 0 Å². The molecule has 17 aromatic carbocycles. The first-order valence-electron chi connectivity index (χ1n) is 26.1. The van der Waals surface area contributed by atoms with Crippen molar-refractivity contribution in [2.75, 3.05) is 0 Å². The number of fused-ring (bicyclic) bond motifs is 14. The molecule has 0 amide bonds. The smallest absolute Gasteiger partial charge is 0.123 e. The molecule has 342 valence electrons. The highest BCUT2D eigenvalue weighted by Gasteiger charge is 2.34. The Kier molecular flexibility index (Phi) is 7.60. The second-order valence-electron chi connectivity index (χ2n) is 20.9. The van der Waals surface area contributed by atoms with Crippen molar-refractivity contribution in [2.45, 2.75) is 0 Å². The maximum absolute atomic E-state index is 15.3. The minimum Gasteiger partial charge on any atom is -0.207 e. The lowest BCUT2D eigenvalue weighted by Crippen LogP contribution is -1.95. The van der Waals surface area contributed by atoms with Crippen molar-refractivity contribution < 1.29 is 4.39 Å². The molecule has 0 radical (unpaired) electrons. The topological polar surface area (TPSA) is 0 Å². The van der Waals surface area contributed by atoms with E-state index in [4.69, 9.17) is 0 Å². The Morgan fingerprint density at radius 3 is 1.31 bits per heavy atom. The van der Waals surface area contributed by atoms with Crippen molar-refractivity contribution in [3.05, 3.63) is 242 Å². The van der Waals surface area contributed by atoms with Gasteiger partial charge in [-0.05, 0) is 210 Å². The van der Waals surface area contributed by atoms with Gasteiger partial charge in [-0.25, -0.2) is 4.39 Å². The van der Waals surface area contributed by atoms with Crippen LogP contribution in [0.15, 0.2) is 237 Å². The van der Waals surface area contributed by atoms with Crippen LogP contribution in [0.1, 0.15) is 0 Å². The lowest BCUT2D eigenvalue weighted by molar-refractivity contribution is 0.628. The standard InChI is InChI=1S/C74H39F/c75-45-22-13-21-44(37-45)46-23-9-11-25-48(46)67-61-39-43-20-8-7-19-42(43)38-60(61)63(41-17-5-2-6-18-41)72-57-34-30-51-52-29-33-56-69-59(36-32-54(65(52)69)53-31-35-58(73(67)72)68(57)64(51)53)74-70-50-26-12-10-24-47(50)49-27-14-28-55(66(49)70)62(71(56)74)40-15-3-1-4-16-40/h1-39H. The highest BCUT2D eigenvalue weighted by Crippen LogP contribution is 2.62. The Morgan fingerprint density at radius 1 is 0.187 bits per heavy atom. The summed E-state index contributed by atoms with van der Waals surface area (Å²) in [6.45, 7) is 0. The lowest BCUT2D eigenvalue weighted by Gasteiger charge is -2.22. The molecule has 0 aromatic heterocycles. The molecule has 0 saturated heterocycles. The van der Waals surface area contributed by atoms with Gasteiger partial charge in [0, 0.05) is 0 Å². The molecule has 0 spiro atoms.